The lowest BCUT2D eigenvalue weighted by Crippen LogP contribution is -2.40. The van der Waals surface area contributed by atoms with Crippen molar-refractivity contribution in [3.05, 3.63) is 115 Å². The normalized spacial score (nSPS) is 14.6. The van der Waals surface area contributed by atoms with E-state index in [2.05, 4.69) is 162 Å². The Bertz CT molecular complexity index is 1430. The summed E-state index contributed by atoms with van der Waals surface area (Å²) in [4.78, 5) is 8.70. The highest BCUT2D eigenvalue weighted by Crippen LogP contribution is 2.37. The van der Waals surface area contributed by atoms with Gasteiger partial charge in [-0.1, -0.05) is 71.4 Å². The van der Waals surface area contributed by atoms with Gasteiger partial charge in [0.2, 0.25) is 0 Å². The molecule has 4 aromatic carbocycles. The molecule has 0 bridgehead atoms. The average Bonchev–Trinajstić information content (AvgIpc) is 3.04. The molecule has 2 fully saturated rings. The lowest BCUT2D eigenvalue weighted by Gasteiger charge is -2.30. The molecule has 6 rings (SSSR count). The summed E-state index contributed by atoms with van der Waals surface area (Å²) in [6, 6.07) is 29.9. The number of hydrogen-bond acceptors (Lipinski definition) is 5. The molecule has 1 N–H and O–H groups in total. The van der Waals surface area contributed by atoms with Crippen LogP contribution in [0.15, 0.2) is 104 Å². The quantitative estimate of drug-likeness (QED) is 0.158. The molecule has 45 heavy (non-hydrogen) atoms. The molecule has 0 saturated carbocycles. The topological polar surface area (TPSA) is 18.5 Å². The molecule has 2 aliphatic rings. The first-order valence-electron chi connectivity index (χ1n) is 15.8. The van der Waals surface area contributed by atoms with E-state index in [9.17, 15) is 0 Å². The maximum Gasteiger partial charge on any atom is 0.0508 e. The molecule has 2 aliphatic heterocycles. The van der Waals surface area contributed by atoms with Gasteiger partial charge in [0.15, 0.2) is 0 Å². The van der Waals surface area contributed by atoms with E-state index in [1.54, 1.807) is 0 Å². The fourth-order valence-electron chi connectivity index (χ4n) is 4.99. The zero-order valence-electron chi connectivity index (χ0n) is 27.5. The van der Waals surface area contributed by atoms with Crippen molar-refractivity contribution in [2.24, 2.45) is 0 Å². The molecule has 0 amide bonds. The van der Waals surface area contributed by atoms with Gasteiger partial charge in [-0.3, -0.25) is 0 Å². The number of nitrogens with one attached hydrogen (secondary N) is 1. The molecule has 0 atom stereocenters. The van der Waals surface area contributed by atoms with E-state index in [-0.39, 0.29) is 0 Å². The Morgan fingerprint density at radius 1 is 0.711 bits per heavy atom. The number of thiol groups is 1. The molecular weight excluding hydrogens is 769 g/mol. The number of benzene rings is 4. The fourth-order valence-corrected chi connectivity index (χ4v) is 6.85. The molecular formula is C38H49BrIN3S2. The highest BCUT2D eigenvalue weighted by molar-refractivity contribution is 14.1. The van der Waals surface area contributed by atoms with Gasteiger partial charge in [0.1, 0.15) is 0 Å². The molecule has 0 aliphatic carbocycles. The van der Waals surface area contributed by atoms with Gasteiger partial charge in [-0.15, -0.1) is 12.6 Å². The van der Waals surface area contributed by atoms with Crippen molar-refractivity contribution in [3.63, 3.8) is 0 Å². The summed E-state index contributed by atoms with van der Waals surface area (Å²) >= 11 is 11.8. The predicted octanol–water partition coefficient (Wildman–Crippen LogP) is 10.6. The molecule has 7 heteroatoms. The lowest BCUT2D eigenvalue weighted by atomic mass is 10.1. The molecule has 242 valence electrons. The summed E-state index contributed by atoms with van der Waals surface area (Å²) in [7, 11) is 2.15. The summed E-state index contributed by atoms with van der Waals surface area (Å²) in [6.45, 7) is 15.7. The van der Waals surface area contributed by atoms with Gasteiger partial charge in [0, 0.05) is 62.0 Å². The van der Waals surface area contributed by atoms with Crippen LogP contribution in [0, 0.1) is 31.3 Å². The summed E-state index contributed by atoms with van der Waals surface area (Å²) in [6.07, 6.45) is 4.02. The van der Waals surface area contributed by atoms with E-state index < -0.39 is 0 Å². The zero-order valence-corrected chi connectivity index (χ0v) is 32.9. The number of halogens is 2. The van der Waals surface area contributed by atoms with Crippen LogP contribution in [0.1, 0.15) is 41.5 Å². The molecule has 0 radical (unpaired) electrons. The minimum absolute atomic E-state index is 1.07. The SMILES string of the molecule is Brc1ccccc1I.CN1CCNCC1.Cc1ccc(S)c(C)c1.Cc1ccc(Sc2ccccc2N2CCCCC2)c(C)c1. The molecule has 0 unspecified atom stereocenters. The number of rotatable bonds is 3. The van der Waals surface area contributed by atoms with Crippen LogP contribution in [-0.4, -0.2) is 51.2 Å². The number of likely N-dealkylation sites (N-methyl/N-ethyl adjacent to an activating group) is 1. The van der Waals surface area contributed by atoms with Crippen LogP contribution in [0.25, 0.3) is 0 Å². The second kappa shape index (κ2) is 20.7. The van der Waals surface area contributed by atoms with Crippen molar-refractivity contribution in [1.82, 2.24) is 10.2 Å². The van der Waals surface area contributed by atoms with Gasteiger partial charge in [-0.25, -0.2) is 0 Å². The number of piperidine rings is 1. The van der Waals surface area contributed by atoms with Gasteiger partial charge >= 0.3 is 0 Å². The van der Waals surface area contributed by atoms with Gasteiger partial charge in [-0.05, 0) is 140 Å². The maximum atomic E-state index is 4.25. The number of para-hydroxylation sites is 1. The Morgan fingerprint density at radius 3 is 1.84 bits per heavy atom. The minimum Gasteiger partial charge on any atom is -0.371 e. The molecule has 0 aromatic heterocycles. The second-order valence-corrected chi connectivity index (χ2v) is 15.2. The Hall–Kier alpha value is -1.49. The van der Waals surface area contributed by atoms with Crippen molar-refractivity contribution in [2.75, 3.05) is 51.2 Å². The highest BCUT2D eigenvalue weighted by Gasteiger charge is 2.15. The largest absolute Gasteiger partial charge is 0.371 e. The van der Waals surface area contributed by atoms with Crippen LogP contribution in [0.3, 0.4) is 0 Å². The van der Waals surface area contributed by atoms with Crippen molar-refractivity contribution in [1.29, 1.82) is 0 Å². The van der Waals surface area contributed by atoms with Gasteiger partial charge in [0.25, 0.3) is 0 Å². The summed E-state index contributed by atoms with van der Waals surface area (Å²) in [5.74, 6) is 0. The van der Waals surface area contributed by atoms with Crippen molar-refractivity contribution < 1.29 is 0 Å². The van der Waals surface area contributed by atoms with Gasteiger partial charge < -0.3 is 15.1 Å². The van der Waals surface area contributed by atoms with Crippen LogP contribution in [0.2, 0.25) is 0 Å². The number of aryl methyl sites for hydroxylation is 4. The molecule has 2 heterocycles. The predicted molar refractivity (Wildman–Crippen MR) is 213 cm³/mol. The van der Waals surface area contributed by atoms with Crippen molar-refractivity contribution >= 4 is 68.6 Å². The summed E-state index contributed by atoms with van der Waals surface area (Å²) in [5.41, 5.74) is 6.65. The van der Waals surface area contributed by atoms with E-state index in [0.29, 0.717) is 0 Å². The van der Waals surface area contributed by atoms with Crippen molar-refractivity contribution in [3.8, 4) is 0 Å². The standard InChI is InChI=1S/C19H23NS.C8H10S.C6H4BrI.C5H12N2/c1-15-10-11-18(16(2)14-15)21-19-9-5-4-8-17(19)20-12-6-3-7-13-20;1-6-3-4-8(9)7(2)5-6;7-5-3-1-2-4-6(5)8;1-7-4-2-6-3-5-7/h4-5,8-11,14H,3,6-7,12-13H2,1-2H3;3-5,9H,1-2H3;1-4H;6H,2-5H2,1H3. The zero-order chi connectivity index (χ0) is 32.6. The van der Waals surface area contributed by atoms with Crippen LogP contribution in [0.4, 0.5) is 5.69 Å². The van der Waals surface area contributed by atoms with E-state index in [1.807, 2.05) is 36.0 Å². The first kappa shape index (κ1) is 38.0. The maximum absolute atomic E-state index is 4.25. The third-order valence-electron chi connectivity index (χ3n) is 7.63. The fraction of sp³-hybridized carbons (Fsp3) is 0.368. The highest BCUT2D eigenvalue weighted by atomic mass is 127. The first-order chi connectivity index (χ1) is 21.6. The molecule has 2 saturated heterocycles. The van der Waals surface area contributed by atoms with Crippen molar-refractivity contribution in [2.45, 2.75) is 61.6 Å². The van der Waals surface area contributed by atoms with Gasteiger partial charge in [0.05, 0.1) is 5.69 Å². The number of piperazine rings is 1. The minimum atomic E-state index is 1.07. The van der Waals surface area contributed by atoms with Crippen LogP contribution in [0.5, 0.6) is 0 Å². The third-order valence-corrected chi connectivity index (χ3v) is 11.7. The summed E-state index contributed by atoms with van der Waals surface area (Å²) < 4.78 is 2.42. The Labute approximate surface area is 304 Å². The number of nitrogens with zero attached hydrogens (tertiary/aromatic N) is 2. The monoisotopic (exact) mass is 817 g/mol. The molecule has 0 spiro atoms. The summed E-state index contributed by atoms with van der Waals surface area (Å²) in [5, 5.41) is 3.27. The van der Waals surface area contributed by atoms with Crippen LogP contribution in [-0.2, 0) is 0 Å². The molecule has 4 aromatic rings. The third kappa shape index (κ3) is 14.0. The first-order valence-corrected chi connectivity index (χ1v) is 18.9. The Balaban J connectivity index is 0.000000189. The van der Waals surface area contributed by atoms with E-state index >= 15 is 0 Å². The van der Waals surface area contributed by atoms with Gasteiger partial charge in [-0.2, -0.15) is 0 Å². The van der Waals surface area contributed by atoms with Crippen LogP contribution < -0.4 is 10.2 Å². The Kier molecular flexibility index (Phi) is 17.4. The van der Waals surface area contributed by atoms with E-state index in [4.69, 9.17) is 0 Å². The molecule has 3 nitrogen and oxygen atoms in total. The van der Waals surface area contributed by atoms with E-state index in [0.717, 1.165) is 18.0 Å². The second-order valence-electron chi connectivity index (χ2n) is 11.6. The van der Waals surface area contributed by atoms with Crippen LogP contribution >= 0.6 is 62.9 Å². The smallest absolute Gasteiger partial charge is 0.0508 e. The lowest BCUT2D eigenvalue weighted by molar-refractivity contribution is 0.291. The van der Waals surface area contributed by atoms with E-state index in [1.165, 1.54) is 91.2 Å². The number of hydrogen-bond donors (Lipinski definition) is 2. The Morgan fingerprint density at radius 2 is 1.31 bits per heavy atom. The average molecular weight is 819 g/mol. The number of anilines is 1.